The Labute approximate surface area is 107 Å². The maximum absolute atomic E-state index is 6.00. The maximum Gasteiger partial charge on any atom is 0.00476 e. The second-order valence-corrected chi connectivity index (χ2v) is 6.86. The van der Waals surface area contributed by atoms with Gasteiger partial charge in [0, 0.05) is 19.6 Å². The Balaban J connectivity index is 1.89. The molecule has 1 heterocycles. The molecule has 3 unspecified atom stereocenters. The molecule has 1 aliphatic carbocycles. The van der Waals surface area contributed by atoms with Gasteiger partial charge in [-0.1, -0.05) is 26.7 Å². The molecule has 1 aliphatic heterocycles. The van der Waals surface area contributed by atoms with Gasteiger partial charge in [0.1, 0.15) is 0 Å². The topological polar surface area (TPSA) is 29.3 Å². The third-order valence-electron chi connectivity index (χ3n) is 4.88. The lowest BCUT2D eigenvalue weighted by molar-refractivity contribution is 0.0521. The van der Waals surface area contributed by atoms with E-state index >= 15 is 0 Å². The maximum atomic E-state index is 6.00. The summed E-state index contributed by atoms with van der Waals surface area (Å²) in [4.78, 5) is 2.72. The zero-order chi connectivity index (χ0) is 12.3. The van der Waals surface area contributed by atoms with E-state index in [0.29, 0.717) is 5.41 Å². The number of fused-ring (bicyclic) bond motifs is 2. The van der Waals surface area contributed by atoms with Crippen molar-refractivity contribution in [1.29, 1.82) is 0 Å². The molecule has 1 saturated heterocycles. The Morgan fingerprint density at radius 3 is 2.41 bits per heavy atom. The quantitative estimate of drug-likeness (QED) is 0.798. The van der Waals surface area contributed by atoms with E-state index in [0.717, 1.165) is 18.4 Å². The van der Waals surface area contributed by atoms with Crippen molar-refractivity contribution in [2.24, 2.45) is 23.0 Å². The minimum Gasteiger partial charge on any atom is -0.330 e. The summed E-state index contributed by atoms with van der Waals surface area (Å²) < 4.78 is 0. The molecule has 2 N–H and O–H groups in total. The van der Waals surface area contributed by atoms with Crippen LogP contribution in [0.2, 0.25) is 0 Å². The fourth-order valence-electron chi connectivity index (χ4n) is 4.06. The van der Waals surface area contributed by atoms with Gasteiger partial charge in [-0.15, -0.1) is 0 Å². The van der Waals surface area contributed by atoms with Crippen molar-refractivity contribution in [2.75, 3.05) is 26.2 Å². The van der Waals surface area contributed by atoms with Crippen molar-refractivity contribution in [3.63, 3.8) is 0 Å². The van der Waals surface area contributed by atoms with E-state index in [1.807, 2.05) is 0 Å². The number of likely N-dealkylation sites (tertiary alicyclic amines) is 1. The summed E-state index contributed by atoms with van der Waals surface area (Å²) >= 11 is 0. The third kappa shape index (κ3) is 3.45. The van der Waals surface area contributed by atoms with Gasteiger partial charge in [0.05, 0.1) is 0 Å². The molecule has 2 aliphatic rings. The second-order valence-electron chi connectivity index (χ2n) is 6.86. The summed E-state index contributed by atoms with van der Waals surface area (Å²) in [7, 11) is 0. The van der Waals surface area contributed by atoms with Crippen molar-refractivity contribution in [1.82, 2.24) is 4.90 Å². The lowest BCUT2D eigenvalue weighted by Gasteiger charge is -2.44. The zero-order valence-electron chi connectivity index (χ0n) is 11.8. The molecule has 2 fully saturated rings. The highest BCUT2D eigenvalue weighted by atomic mass is 15.1. The molecule has 2 heteroatoms. The Morgan fingerprint density at radius 1 is 1.24 bits per heavy atom. The first-order chi connectivity index (χ1) is 8.15. The molecule has 0 aromatic heterocycles. The van der Waals surface area contributed by atoms with E-state index in [1.54, 1.807) is 0 Å². The molecular weight excluding hydrogens is 208 g/mol. The number of hydrogen-bond donors (Lipinski definition) is 1. The van der Waals surface area contributed by atoms with Gasteiger partial charge in [-0.05, 0) is 49.5 Å². The monoisotopic (exact) mass is 238 g/mol. The Kier molecular flexibility index (Phi) is 4.48. The summed E-state index contributed by atoms with van der Waals surface area (Å²) in [6.07, 6.45) is 8.46. The average molecular weight is 238 g/mol. The van der Waals surface area contributed by atoms with Crippen LogP contribution in [0.3, 0.4) is 0 Å². The third-order valence-corrected chi connectivity index (χ3v) is 4.88. The number of nitrogens with zero attached hydrogens (tertiary/aromatic N) is 1. The van der Waals surface area contributed by atoms with Crippen molar-refractivity contribution < 1.29 is 0 Å². The van der Waals surface area contributed by atoms with Crippen LogP contribution in [0.1, 0.15) is 52.4 Å². The van der Waals surface area contributed by atoms with Crippen LogP contribution >= 0.6 is 0 Å². The van der Waals surface area contributed by atoms with Gasteiger partial charge >= 0.3 is 0 Å². The molecule has 0 spiro atoms. The van der Waals surface area contributed by atoms with Crippen molar-refractivity contribution in [2.45, 2.75) is 52.4 Å². The summed E-state index contributed by atoms with van der Waals surface area (Å²) in [5.41, 5.74) is 6.35. The lowest BCUT2D eigenvalue weighted by atomic mass is 9.76. The van der Waals surface area contributed by atoms with E-state index in [4.69, 9.17) is 5.73 Å². The van der Waals surface area contributed by atoms with E-state index in [-0.39, 0.29) is 0 Å². The Morgan fingerprint density at radius 2 is 1.88 bits per heavy atom. The summed E-state index contributed by atoms with van der Waals surface area (Å²) in [5, 5.41) is 0. The fourth-order valence-corrected chi connectivity index (χ4v) is 4.06. The smallest absolute Gasteiger partial charge is 0.00476 e. The van der Waals surface area contributed by atoms with Crippen molar-refractivity contribution in [3.05, 3.63) is 0 Å². The Hall–Kier alpha value is -0.0800. The fraction of sp³-hybridized carbons (Fsp3) is 1.00. The highest BCUT2D eigenvalue weighted by Gasteiger charge is 2.33. The first-order valence-corrected chi connectivity index (χ1v) is 7.57. The van der Waals surface area contributed by atoms with Gasteiger partial charge in [-0.2, -0.15) is 0 Å². The SMILES string of the molecule is CCCC(C)(CN)CN1CC2CCCC(C2)C1. The number of hydrogen-bond acceptors (Lipinski definition) is 2. The number of rotatable bonds is 5. The molecule has 2 bridgehead atoms. The van der Waals surface area contributed by atoms with E-state index in [1.165, 1.54) is 58.2 Å². The average Bonchev–Trinajstić information content (AvgIpc) is 2.29. The first-order valence-electron chi connectivity index (χ1n) is 7.57. The highest BCUT2D eigenvalue weighted by molar-refractivity contribution is 4.87. The van der Waals surface area contributed by atoms with Crippen LogP contribution in [-0.2, 0) is 0 Å². The van der Waals surface area contributed by atoms with E-state index in [9.17, 15) is 0 Å². The highest BCUT2D eigenvalue weighted by Crippen LogP contribution is 2.36. The van der Waals surface area contributed by atoms with Crippen LogP contribution in [0.15, 0.2) is 0 Å². The van der Waals surface area contributed by atoms with Crippen LogP contribution in [0.25, 0.3) is 0 Å². The van der Waals surface area contributed by atoms with Crippen LogP contribution < -0.4 is 5.73 Å². The van der Waals surface area contributed by atoms with Gasteiger partial charge in [0.15, 0.2) is 0 Å². The minimum atomic E-state index is 0.348. The summed E-state index contributed by atoms with van der Waals surface area (Å²) in [5.74, 6) is 1.98. The molecule has 0 radical (unpaired) electrons. The molecule has 3 atom stereocenters. The van der Waals surface area contributed by atoms with Gasteiger partial charge in [-0.3, -0.25) is 0 Å². The normalized spacial score (nSPS) is 33.4. The molecular formula is C15H30N2. The van der Waals surface area contributed by atoms with Crippen LogP contribution in [0.4, 0.5) is 0 Å². The van der Waals surface area contributed by atoms with Crippen molar-refractivity contribution in [3.8, 4) is 0 Å². The number of piperidine rings is 1. The van der Waals surface area contributed by atoms with Crippen molar-refractivity contribution >= 4 is 0 Å². The van der Waals surface area contributed by atoms with Crippen LogP contribution in [0, 0.1) is 17.3 Å². The standard InChI is InChI=1S/C15H30N2/c1-3-7-15(2,11-16)12-17-9-13-5-4-6-14(8-13)10-17/h13-14H,3-12,16H2,1-2H3. The molecule has 100 valence electrons. The molecule has 17 heavy (non-hydrogen) atoms. The lowest BCUT2D eigenvalue weighted by Crippen LogP contribution is -2.48. The summed E-state index contributed by atoms with van der Waals surface area (Å²) in [6.45, 7) is 9.41. The molecule has 1 saturated carbocycles. The molecule has 0 amide bonds. The largest absolute Gasteiger partial charge is 0.330 e. The molecule has 2 nitrogen and oxygen atoms in total. The second kappa shape index (κ2) is 5.71. The zero-order valence-corrected chi connectivity index (χ0v) is 11.8. The van der Waals surface area contributed by atoms with E-state index in [2.05, 4.69) is 18.7 Å². The van der Waals surface area contributed by atoms with Gasteiger partial charge < -0.3 is 10.6 Å². The number of nitrogens with two attached hydrogens (primary N) is 1. The minimum absolute atomic E-state index is 0.348. The molecule has 2 rings (SSSR count). The molecule has 0 aromatic rings. The van der Waals surface area contributed by atoms with Gasteiger partial charge in [0.25, 0.3) is 0 Å². The Bertz CT molecular complexity index is 229. The van der Waals surface area contributed by atoms with E-state index < -0.39 is 0 Å². The summed E-state index contributed by atoms with van der Waals surface area (Å²) in [6, 6.07) is 0. The predicted molar refractivity (Wildman–Crippen MR) is 74.0 cm³/mol. The van der Waals surface area contributed by atoms with Gasteiger partial charge in [0.2, 0.25) is 0 Å². The first kappa shape index (κ1) is 13.4. The van der Waals surface area contributed by atoms with Gasteiger partial charge in [-0.25, -0.2) is 0 Å². The van der Waals surface area contributed by atoms with Crippen LogP contribution in [-0.4, -0.2) is 31.1 Å². The van der Waals surface area contributed by atoms with Crippen LogP contribution in [0.5, 0.6) is 0 Å². The molecule has 0 aromatic carbocycles. The predicted octanol–water partition coefficient (Wildman–Crippen LogP) is 2.87.